The lowest BCUT2D eigenvalue weighted by atomic mass is 10.1. The molecule has 0 aliphatic rings. The maximum absolute atomic E-state index is 13.3. The van der Waals surface area contributed by atoms with E-state index in [1.165, 1.54) is 37.4 Å². The van der Waals surface area contributed by atoms with Crippen LogP contribution in [0.1, 0.15) is 15.9 Å². The zero-order valence-corrected chi connectivity index (χ0v) is 16.9. The summed E-state index contributed by atoms with van der Waals surface area (Å²) in [5.74, 6) is -0.0675. The summed E-state index contributed by atoms with van der Waals surface area (Å²) in [6.45, 7) is 0. The second-order valence-electron chi connectivity index (χ2n) is 6.33. The Morgan fingerprint density at radius 3 is 2.16 bits per heavy atom. The van der Waals surface area contributed by atoms with E-state index in [4.69, 9.17) is 4.74 Å². The van der Waals surface area contributed by atoms with Gasteiger partial charge in [0.05, 0.1) is 28.8 Å². The number of nitrogens with one attached hydrogen (secondary N) is 2. The van der Waals surface area contributed by atoms with Crippen LogP contribution < -0.4 is 14.8 Å². The molecule has 0 fully saturated rings. The zero-order valence-electron chi connectivity index (χ0n) is 16.1. The maximum Gasteiger partial charge on any atom is 0.417 e. The number of hydrogen-bond acceptors (Lipinski definition) is 4. The van der Waals surface area contributed by atoms with Crippen molar-refractivity contribution in [2.24, 2.45) is 0 Å². The van der Waals surface area contributed by atoms with E-state index < -0.39 is 32.6 Å². The molecular formula is C21H17F3N2O4S. The van der Waals surface area contributed by atoms with Gasteiger partial charge in [-0.1, -0.05) is 24.3 Å². The number of sulfonamides is 1. The summed E-state index contributed by atoms with van der Waals surface area (Å²) in [5.41, 5.74) is -1.11. The largest absolute Gasteiger partial charge is 0.497 e. The number of halogens is 3. The Labute approximate surface area is 176 Å². The van der Waals surface area contributed by atoms with Crippen LogP contribution >= 0.6 is 0 Å². The van der Waals surface area contributed by atoms with Crippen LogP contribution in [0.5, 0.6) is 5.75 Å². The monoisotopic (exact) mass is 450 g/mol. The molecule has 3 rings (SSSR count). The van der Waals surface area contributed by atoms with Gasteiger partial charge in [0, 0.05) is 5.69 Å². The van der Waals surface area contributed by atoms with E-state index in [9.17, 15) is 26.4 Å². The number of methoxy groups -OCH3 is 1. The van der Waals surface area contributed by atoms with Crippen LogP contribution in [0, 0.1) is 0 Å². The second-order valence-corrected chi connectivity index (χ2v) is 7.98. The molecule has 10 heteroatoms. The van der Waals surface area contributed by atoms with Crippen LogP contribution in [-0.4, -0.2) is 21.4 Å². The normalized spacial score (nSPS) is 11.6. The molecule has 1 amide bonds. The molecule has 0 aliphatic carbocycles. The highest BCUT2D eigenvalue weighted by molar-refractivity contribution is 7.92. The SMILES string of the molecule is COc1ccc(NC(=O)c2ccccc2NS(=O)(=O)c2ccccc2C(F)(F)F)cc1. The Morgan fingerprint density at radius 2 is 1.52 bits per heavy atom. The molecule has 0 saturated carbocycles. The predicted octanol–water partition coefficient (Wildman–Crippen LogP) is 4.77. The minimum atomic E-state index is -4.86. The molecule has 0 heterocycles. The molecule has 31 heavy (non-hydrogen) atoms. The van der Waals surface area contributed by atoms with Crippen LogP contribution in [0.2, 0.25) is 0 Å². The molecule has 0 saturated heterocycles. The minimum Gasteiger partial charge on any atom is -0.497 e. The molecule has 0 radical (unpaired) electrons. The molecule has 0 aromatic heterocycles. The highest BCUT2D eigenvalue weighted by Crippen LogP contribution is 2.35. The lowest BCUT2D eigenvalue weighted by molar-refractivity contribution is -0.139. The summed E-state index contributed by atoms with van der Waals surface area (Å²) in [7, 11) is -3.14. The predicted molar refractivity (Wildman–Crippen MR) is 110 cm³/mol. The zero-order chi connectivity index (χ0) is 22.6. The average Bonchev–Trinajstić information content (AvgIpc) is 2.74. The fourth-order valence-electron chi connectivity index (χ4n) is 2.78. The van der Waals surface area contributed by atoms with Crippen LogP contribution in [-0.2, 0) is 16.2 Å². The van der Waals surface area contributed by atoms with Gasteiger partial charge in [0.1, 0.15) is 5.75 Å². The molecule has 0 spiro atoms. The molecule has 2 N–H and O–H groups in total. The van der Waals surface area contributed by atoms with Crippen molar-refractivity contribution in [3.05, 3.63) is 83.9 Å². The Bertz CT molecular complexity index is 1190. The second kappa shape index (κ2) is 8.68. The molecule has 0 aliphatic heterocycles. The van der Waals surface area contributed by atoms with Gasteiger partial charge in [0.25, 0.3) is 15.9 Å². The number of anilines is 2. The third-order valence-electron chi connectivity index (χ3n) is 4.25. The van der Waals surface area contributed by atoms with E-state index in [1.54, 1.807) is 24.3 Å². The average molecular weight is 450 g/mol. The fraction of sp³-hybridized carbons (Fsp3) is 0.0952. The third kappa shape index (κ3) is 5.15. The minimum absolute atomic E-state index is 0.0635. The van der Waals surface area contributed by atoms with Crippen molar-refractivity contribution in [1.82, 2.24) is 0 Å². The first-order valence-corrected chi connectivity index (χ1v) is 10.3. The van der Waals surface area contributed by atoms with Gasteiger partial charge < -0.3 is 10.1 Å². The van der Waals surface area contributed by atoms with Crippen molar-refractivity contribution in [2.45, 2.75) is 11.1 Å². The Balaban J connectivity index is 1.91. The van der Waals surface area contributed by atoms with Crippen LogP contribution in [0.25, 0.3) is 0 Å². The van der Waals surface area contributed by atoms with Gasteiger partial charge in [0.2, 0.25) is 0 Å². The van der Waals surface area contributed by atoms with E-state index >= 15 is 0 Å². The summed E-state index contributed by atoms with van der Waals surface area (Å²) >= 11 is 0. The van der Waals surface area contributed by atoms with Crippen molar-refractivity contribution in [2.75, 3.05) is 17.1 Å². The number of para-hydroxylation sites is 1. The summed E-state index contributed by atoms with van der Waals surface area (Å²) in [5, 5.41) is 2.60. The number of rotatable bonds is 6. The van der Waals surface area contributed by atoms with Gasteiger partial charge in [-0.2, -0.15) is 13.2 Å². The van der Waals surface area contributed by atoms with E-state index in [2.05, 4.69) is 10.0 Å². The Hall–Kier alpha value is -3.53. The van der Waals surface area contributed by atoms with Gasteiger partial charge in [-0.15, -0.1) is 0 Å². The molecule has 0 bridgehead atoms. The van der Waals surface area contributed by atoms with Crippen molar-refractivity contribution in [3.8, 4) is 5.75 Å². The van der Waals surface area contributed by atoms with Gasteiger partial charge in [-0.25, -0.2) is 8.42 Å². The molecule has 0 unspecified atom stereocenters. The Morgan fingerprint density at radius 1 is 0.903 bits per heavy atom. The number of ether oxygens (including phenoxy) is 1. The fourth-order valence-corrected chi connectivity index (χ4v) is 4.09. The molecular weight excluding hydrogens is 433 g/mol. The number of carbonyl (C=O) groups is 1. The smallest absolute Gasteiger partial charge is 0.417 e. The van der Waals surface area contributed by atoms with E-state index in [0.717, 1.165) is 12.1 Å². The van der Waals surface area contributed by atoms with E-state index in [0.29, 0.717) is 17.5 Å². The van der Waals surface area contributed by atoms with Crippen molar-refractivity contribution < 1.29 is 31.1 Å². The van der Waals surface area contributed by atoms with E-state index in [-0.39, 0.29) is 11.3 Å². The number of amides is 1. The number of alkyl halides is 3. The first-order chi connectivity index (χ1) is 14.6. The van der Waals surface area contributed by atoms with Crippen LogP contribution in [0.15, 0.2) is 77.7 Å². The highest BCUT2D eigenvalue weighted by atomic mass is 32.2. The summed E-state index contributed by atoms with van der Waals surface area (Å²) in [6, 6.07) is 15.8. The molecule has 3 aromatic rings. The van der Waals surface area contributed by atoms with Gasteiger partial charge in [0.15, 0.2) is 0 Å². The van der Waals surface area contributed by atoms with Gasteiger partial charge in [-0.05, 0) is 48.5 Å². The van der Waals surface area contributed by atoms with Crippen molar-refractivity contribution in [3.63, 3.8) is 0 Å². The van der Waals surface area contributed by atoms with Crippen molar-refractivity contribution in [1.29, 1.82) is 0 Å². The highest BCUT2D eigenvalue weighted by Gasteiger charge is 2.37. The molecule has 3 aromatic carbocycles. The first-order valence-electron chi connectivity index (χ1n) is 8.85. The molecule has 0 atom stereocenters. The van der Waals surface area contributed by atoms with Gasteiger partial charge >= 0.3 is 6.18 Å². The maximum atomic E-state index is 13.3. The summed E-state index contributed by atoms with van der Waals surface area (Å²) in [4.78, 5) is 11.7. The summed E-state index contributed by atoms with van der Waals surface area (Å²) < 4.78 is 72.3. The Kier molecular flexibility index (Phi) is 6.21. The quantitative estimate of drug-likeness (QED) is 0.567. The summed E-state index contributed by atoms with van der Waals surface area (Å²) in [6.07, 6.45) is -4.86. The lowest BCUT2D eigenvalue weighted by Gasteiger charge is -2.16. The molecule has 6 nitrogen and oxygen atoms in total. The van der Waals surface area contributed by atoms with Crippen molar-refractivity contribution >= 4 is 27.3 Å². The first kappa shape index (κ1) is 22.2. The molecule has 162 valence electrons. The number of carbonyl (C=O) groups excluding carboxylic acids is 1. The van der Waals surface area contributed by atoms with Crippen LogP contribution in [0.3, 0.4) is 0 Å². The van der Waals surface area contributed by atoms with E-state index in [1.807, 2.05) is 0 Å². The lowest BCUT2D eigenvalue weighted by Crippen LogP contribution is -2.21. The number of hydrogen-bond donors (Lipinski definition) is 2. The third-order valence-corrected chi connectivity index (χ3v) is 5.67. The topological polar surface area (TPSA) is 84.5 Å². The number of benzene rings is 3. The van der Waals surface area contributed by atoms with Gasteiger partial charge in [-0.3, -0.25) is 9.52 Å². The van der Waals surface area contributed by atoms with Crippen LogP contribution in [0.4, 0.5) is 24.5 Å². The standard InChI is InChI=1S/C21H17F3N2O4S/c1-30-15-12-10-14(11-13-15)25-20(27)16-6-2-4-8-18(16)26-31(28,29)19-9-5-3-7-17(19)21(22,23)24/h2-13,26H,1H3,(H,25,27).